The average Bonchev–Trinajstić information content (AvgIpc) is 3.01. The van der Waals surface area contributed by atoms with E-state index in [0.717, 1.165) is 68.3 Å². The van der Waals surface area contributed by atoms with Crippen LogP contribution in [0.4, 0.5) is 0 Å². The van der Waals surface area contributed by atoms with Gasteiger partial charge in [-0.1, -0.05) is 228 Å². The van der Waals surface area contributed by atoms with Crippen LogP contribution in [-0.2, 0) is 0 Å². The second kappa shape index (κ2) is 26.2. The summed E-state index contributed by atoms with van der Waals surface area (Å²) in [5, 5.41) is 0. The molecule has 0 amide bonds. The molecule has 0 heterocycles. The first-order valence-corrected chi connectivity index (χ1v) is 42.3. The largest absolute Gasteiger partial charge is 0.342 e. The number of allylic oxidation sites excluding steroid dienone is 8. The Bertz CT molecular complexity index is 1250. The van der Waals surface area contributed by atoms with Gasteiger partial charge in [0, 0.05) is 19.1 Å². The lowest BCUT2D eigenvalue weighted by Gasteiger charge is -2.49. The molecule has 0 aliphatic heterocycles. The summed E-state index contributed by atoms with van der Waals surface area (Å²) in [7, 11) is -7.63. The van der Waals surface area contributed by atoms with Crippen molar-refractivity contribution in [1.29, 1.82) is 0 Å². The Morgan fingerprint density at radius 2 is 0.702 bits per heavy atom. The predicted molar refractivity (Wildman–Crippen MR) is 287 cm³/mol. The maximum atomic E-state index is 4.25. The van der Waals surface area contributed by atoms with Gasteiger partial charge in [-0.25, -0.2) is 0 Å². The lowest BCUT2D eigenvalue weighted by molar-refractivity contribution is 0.465. The van der Waals surface area contributed by atoms with Crippen LogP contribution < -0.4 is 0 Å². The third kappa shape index (κ3) is 28.1. The normalized spacial score (nSPS) is 14.0. The minimum atomic E-state index is -1.35. The Morgan fingerprint density at radius 3 is 0.912 bits per heavy atom. The van der Waals surface area contributed by atoms with Crippen molar-refractivity contribution in [3.8, 4) is 0 Å². The van der Waals surface area contributed by atoms with Gasteiger partial charge in [0.1, 0.15) is 49.4 Å². The van der Waals surface area contributed by atoms with Crippen LogP contribution in [0.25, 0.3) is 0 Å². The average molecular weight is 887 g/mol. The molecule has 0 N–H and O–H groups in total. The monoisotopic (exact) mass is 886 g/mol. The van der Waals surface area contributed by atoms with E-state index in [-0.39, 0.29) is 0 Å². The number of nitrogens with zero attached hydrogens (tertiary/aromatic N) is 3. The molecule has 0 saturated heterocycles. The Kier molecular flexibility index (Phi) is 27.7. The Hall–Kier alpha value is -1.16. The van der Waals surface area contributed by atoms with Crippen molar-refractivity contribution in [2.24, 2.45) is 0 Å². The standard InChI is InChI=1S/3C16H33NSi2/c1-11-15(4)12-13-16(14(2)3)17(18(5,6)7)19(8,9)10;2*1-10-15(2)12-11-13-16(3)14-17(18(4,5)6)19(7,8)9/h11,16H,1-2,4,12-13H2,3,5-10H3;2*10,13H,1-2,11-12,14H2,3-9H3/b;16-13+;16-13-. The zero-order valence-corrected chi connectivity index (χ0v) is 48.4. The molecule has 0 aliphatic carbocycles. The van der Waals surface area contributed by atoms with E-state index in [1.54, 1.807) is 0 Å². The molecular weight excluding hydrogens is 787 g/mol. The van der Waals surface area contributed by atoms with E-state index in [4.69, 9.17) is 0 Å². The van der Waals surface area contributed by atoms with Crippen LogP contribution in [0.15, 0.2) is 110 Å². The molecule has 3 nitrogen and oxygen atoms in total. The summed E-state index contributed by atoms with van der Waals surface area (Å²) in [5.41, 5.74) is 7.70. The minimum Gasteiger partial charge on any atom is -0.342 e. The molecule has 330 valence electrons. The summed E-state index contributed by atoms with van der Waals surface area (Å²) in [5.74, 6) is 0. The molecule has 0 fully saturated rings. The fourth-order valence-electron chi connectivity index (χ4n) is 7.76. The number of hydrogen-bond acceptors (Lipinski definition) is 3. The molecule has 1 atom stereocenters. The molecule has 0 bridgehead atoms. The number of hydrogen-bond donors (Lipinski definition) is 0. The summed E-state index contributed by atoms with van der Waals surface area (Å²) in [6.45, 7) is 80.7. The first-order chi connectivity index (χ1) is 25.4. The molecule has 0 rings (SSSR count). The van der Waals surface area contributed by atoms with E-state index in [1.807, 2.05) is 18.2 Å². The van der Waals surface area contributed by atoms with Crippen molar-refractivity contribution < 1.29 is 0 Å². The van der Waals surface area contributed by atoms with Gasteiger partial charge in [-0.05, 0) is 59.3 Å². The van der Waals surface area contributed by atoms with Crippen LogP contribution in [0.1, 0.15) is 59.3 Å². The van der Waals surface area contributed by atoms with Crippen molar-refractivity contribution in [3.63, 3.8) is 0 Å². The quantitative estimate of drug-likeness (QED) is 0.0543. The molecule has 0 aliphatic rings. The van der Waals surface area contributed by atoms with E-state index in [2.05, 4.69) is 210 Å². The van der Waals surface area contributed by atoms with Crippen molar-refractivity contribution in [2.45, 2.75) is 183 Å². The highest BCUT2D eigenvalue weighted by molar-refractivity contribution is 6.90. The SMILES string of the molecule is C=CC(=C)CC/C=C(/C)CN([Si](C)(C)C)[Si](C)(C)C.C=CC(=C)CC/C=C(\C)CN([Si](C)(C)C)[Si](C)(C)C.C=CC(=C)CCC(C(=C)C)N([Si](C)(C)C)[Si](C)(C)C. The van der Waals surface area contributed by atoms with Gasteiger partial charge in [0.25, 0.3) is 0 Å². The Morgan fingerprint density at radius 1 is 0.439 bits per heavy atom. The zero-order valence-electron chi connectivity index (χ0n) is 42.4. The molecule has 0 radical (unpaired) electrons. The van der Waals surface area contributed by atoms with E-state index in [0.29, 0.717) is 6.04 Å². The topological polar surface area (TPSA) is 9.72 Å². The van der Waals surface area contributed by atoms with Gasteiger partial charge in [-0.3, -0.25) is 0 Å². The van der Waals surface area contributed by atoms with Crippen LogP contribution in [0, 0.1) is 0 Å². The first-order valence-electron chi connectivity index (χ1n) is 21.6. The first kappa shape index (κ1) is 60.1. The molecule has 9 heteroatoms. The smallest absolute Gasteiger partial charge is 0.112 e. The lowest BCUT2D eigenvalue weighted by atomic mass is 10.0. The van der Waals surface area contributed by atoms with Gasteiger partial charge < -0.3 is 12.7 Å². The van der Waals surface area contributed by atoms with Crippen molar-refractivity contribution in [2.75, 3.05) is 13.1 Å². The molecular formula is C48H99N3Si6. The van der Waals surface area contributed by atoms with Crippen LogP contribution in [0.3, 0.4) is 0 Å². The summed E-state index contributed by atoms with van der Waals surface area (Å²) >= 11 is 0. The molecule has 0 spiro atoms. The van der Waals surface area contributed by atoms with Gasteiger partial charge in [-0.15, -0.1) is 0 Å². The molecule has 0 saturated carbocycles. The van der Waals surface area contributed by atoms with Gasteiger partial charge in [0.05, 0.1) is 0 Å². The van der Waals surface area contributed by atoms with Gasteiger partial charge in [0.2, 0.25) is 0 Å². The second-order valence-corrected chi connectivity index (χ2v) is 52.7. The van der Waals surface area contributed by atoms with Crippen molar-refractivity contribution in [1.82, 2.24) is 12.7 Å². The summed E-state index contributed by atoms with van der Waals surface area (Å²) in [4.78, 5) is 0. The van der Waals surface area contributed by atoms with E-state index in [9.17, 15) is 0 Å². The van der Waals surface area contributed by atoms with Crippen molar-refractivity contribution in [3.05, 3.63) is 110 Å². The third-order valence-corrected chi connectivity index (χ3v) is 32.6. The lowest BCUT2D eigenvalue weighted by Crippen LogP contribution is -2.63. The highest BCUT2D eigenvalue weighted by atomic mass is 28.4. The van der Waals surface area contributed by atoms with Crippen LogP contribution in [-0.4, -0.2) is 81.2 Å². The van der Waals surface area contributed by atoms with Crippen molar-refractivity contribution >= 4 is 49.4 Å². The fourth-order valence-corrected chi connectivity index (χ4v) is 37.4. The summed E-state index contributed by atoms with van der Waals surface area (Å²) in [6, 6.07) is 0.495. The maximum absolute atomic E-state index is 4.25. The van der Waals surface area contributed by atoms with E-state index < -0.39 is 49.4 Å². The van der Waals surface area contributed by atoms with Gasteiger partial charge >= 0.3 is 0 Å². The minimum absolute atomic E-state index is 0.495. The third-order valence-electron chi connectivity index (χ3n) is 9.90. The molecule has 0 aromatic rings. The van der Waals surface area contributed by atoms with Gasteiger partial charge in [0.15, 0.2) is 0 Å². The molecule has 0 aromatic heterocycles. The molecule has 57 heavy (non-hydrogen) atoms. The summed E-state index contributed by atoms with van der Waals surface area (Å²) in [6.07, 6.45) is 16.7. The highest BCUT2D eigenvalue weighted by Crippen LogP contribution is 2.29. The fraction of sp³-hybridized carbons (Fsp3) is 0.625. The predicted octanol–water partition coefficient (Wildman–Crippen LogP) is 16.3. The number of rotatable bonds is 24. The van der Waals surface area contributed by atoms with Crippen LogP contribution in [0.2, 0.25) is 118 Å². The Balaban J connectivity index is -0.000000767. The maximum Gasteiger partial charge on any atom is 0.112 e. The van der Waals surface area contributed by atoms with E-state index in [1.165, 1.54) is 16.7 Å². The van der Waals surface area contributed by atoms with E-state index >= 15 is 0 Å². The van der Waals surface area contributed by atoms with Crippen LogP contribution in [0.5, 0.6) is 0 Å². The molecule has 0 aromatic carbocycles. The summed E-state index contributed by atoms with van der Waals surface area (Å²) < 4.78 is 8.50. The zero-order chi connectivity index (χ0) is 46.0. The van der Waals surface area contributed by atoms with Gasteiger partial charge in [-0.2, -0.15) is 0 Å². The highest BCUT2D eigenvalue weighted by Gasteiger charge is 2.39. The molecule has 1 unspecified atom stereocenters. The Labute approximate surface area is 366 Å². The van der Waals surface area contributed by atoms with Crippen LogP contribution >= 0.6 is 0 Å². The second-order valence-electron chi connectivity index (χ2n) is 22.2.